The Hall–Kier alpha value is -3.42. The van der Waals surface area contributed by atoms with Crippen molar-refractivity contribution in [2.45, 2.75) is 37.2 Å². The number of halogens is 3. The number of urea groups is 1. The standard InChI is InChI=1S/C21H25F3N6O2/c22-21(23,24)32-19-4-1-3-15(9-19)16-5-8-29(12-16)20(31)28-17-10-18(30(13-17)14-26)11-27-7-2-6-25/h1-4,6-7,9,16-18H,5,8,10-13,25H2,(H,28,31)/t16?,17?,18-/m0/s1. The Morgan fingerprint density at radius 2 is 2.22 bits per heavy atom. The molecule has 2 fully saturated rings. The van der Waals surface area contributed by atoms with Gasteiger partial charge in [0.05, 0.1) is 18.6 Å². The second-order valence-electron chi connectivity index (χ2n) is 7.74. The van der Waals surface area contributed by atoms with Gasteiger partial charge in [-0.15, -0.1) is 13.2 Å². The molecule has 172 valence electrons. The van der Waals surface area contributed by atoms with Crippen molar-refractivity contribution in [2.24, 2.45) is 10.7 Å². The predicted octanol–water partition coefficient (Wildman–Crippen LogP) is 2.55. The Balaban J connectivity index is 1.53. The number of alkyl halides is 3. The molecule has 2 unspecified atom stereocenters. The topological polar surface area (TPSA) is 107 Å². The number of benzene rings is 1. The van der Waals surface area contributed by atoms with Gasteiger partial charge in [-0.3, -0.25) is 4.99 Å². The van der Waals surface area contributed by atoms with Gasteiger partial charge in [0.15, 0.2) is 6.19 Å². The van der Waals surface area contributed by atoms with Gasteiger partial charge in [0, 0.05) is 31.8 Å². The minimum atomic E-state index is -4.75. The molecule has 1 aromatic carbocycles. The largest absolute Gasteiger partial charge is 0.573 e. The number of nitriles is 1. The number of ether oxygens (including phenoxy) is 1. The lowest BCUT2D eigenvalue weighted by Gasteiger charge is -2.20. The van der Waals surface area contributed by atoms with Crippen LogP contribution in [0.15, 0.2) is 41.5 Å². The Labute approximate surface area is 184 Å². The number of aliphatic imine (C=N–C) groups is 1. The van der Waals surface area contributed by atoms with E-state index in [4.69, 9.17) is 5.73 Å². The van der Waals surface area contributed by atoms with Gasteiger partial charge in [-0.05, 0) is 42.8 Å². The van der Waals surface area contributed by atoms with E-state index in [2.05, 4.69) is 21.2 Å². The molecule has 3 atom stereocenters. The average Bonchev–Trinajstić information content (AvgIpc) is 3.37. The maximum atomic E-state index is 12.7. The summed E-state index contributed by atoms with van der Waals surface area (Å²) in [5, 5.41) is 12.3. The van der Waals surface area contributed by atoms with Crippen LogP contribution in [-0.2, 0) is 0 Å². The molecule has 11 heteroatoms. The van der Waals surface area contributed by atoms with Crippen molar-refractivity contribution in [3.05, 3.63) is 42.1 Å². The molecule has 0 spiro atoms. The third-order valence-electron chi connectivity index (χ3n) is 5.53. The second kappa shape index (κ2) is 10.3. The van der Waals surface area contributed by atoms with Gasteiger partial charge in [0.25, 0.3) is 0 Å². The molecule has 0 bridgehead atoms. The number of hydrogen-bond acceptors (Lipinski definition) is 6. The van der Waals surface area contributed by atoms with Crippen LogP contribution in [0.4, 0.5) is 18.0 Å². The van der Waals surface area contributed by atoms with Gasteiger partial charge in [-0.2, -0.15) is 5.26 Å². The molecule has 32 heavy (non-hydrogen) atoms. The number of carbonyl (C=O) groups excluding carboxylic acids is 1. The first-order chi connectivity index (χ1) is 15.3. The quantitative estimate of drug-likeness (QED) is 0.512. The first kappa shape index (κ1) is 23.2. The van der Waals surface area contributed by atoms with Gasteiger partial charge in [-0.1, -0.05) is 12.1 Å². The normalized spacial score (nSPS) is 23.8. The first-order valence-corrected chi connectivity index (χ1v) is 10.2. The molecular formula is C21H25F3N6O2. The lowest BCUT2D eigenvalue weighted by molar-refractivity contribution is -0.274. The number of rotatable bonds is 6. The summed E-state index contributed by atoms with van der Waals surface area (Å²) in [6.45, 7) is 1.72. The molecule has 3 N–H and O–H groups in total. The van der Waals surface area contributed by atoms with Gasteiger partial charge in [0.1, 0.15) is 5.75 Å². The van der Waals surface area contributed by atoms with E-state index in [0.29, 0.717) is 44.6 Å². The molecule has 0 radical (unpaired) electrons. The Morgan fingerprint density at radius 1 is 1.41 bits per heavy atom. The van der Waals surface area contributed by atoms with Crippen molar-refractivity contribution in [2.75, 3.05) is 26.2 Å². The number of nitrogens with two attached hydrogens (primary N) is 1. The first-order valence-electron chi connectivity index (χ1n) is 10.2. The van der Waals surface area contributed by atoms with Crippen LogP contribution in [0.1, 0.15) is 24.3 Å². The van der Waals surface area contributed by atoms with Crippen LogP contribution in [0.25, 0.3) is 0 Å². The number of hydrogen-bond donors (Lipinski definition) is 2. The zero-order chi connectivity index (χ0) is 23.1. The second-order valence-corrected chi connectivity index (χ2v) is 7.74. The van der Waals surface area contributed by atoms with Crippen molar-refractivity contribution >= 4 is 12.2 Å². The maximum Gasteiger partial charge on any atom is 0.573 e. The van der Waals surface area contributed by atoms with E-state index in [1.807, 2.05) is 0 Å². The molecule has 8 nitrogen and oxygen atoms in total. The summed E-state index contributed by atoms with van der Waals surface area (Å²) in [5.41, 5.74) is 5.95. The molecule has 0 aromatic heterocycles. The summed E-state index contributed by atoms with van der Waals surface area (Å²) < 4.78 is 41.4. The van der Waals surface area contributed by atoms with Crippen molar-refractivity contribution in [1.29, 1.82) is 5.26 Å². The van der Waals surface area contributed by atoms with Crippen LogP contribution >= 0.6 is 0 Å². The summed E-state index contributed by atoms with van der Waals surface area (Å²) in [4.78, 5) is 20.2. The monoisotopic (exact) mass is 450 g/mol. The van der Waals surface area contributed by atoms with Crippen LogP contribution in [0.3, 0.4) is 0 Å². The number of amides is 2. The molecule has 2 saturated heterocycles. The number of nitrogens with zero attached hydrogens (tertiary/aromatic N) is 4. The van der Waals surface area contributed by atoms with Gasteiger partial charge < -0.3 is 25.6 Å². The molecule has 3 rings (SSSR count). The number of carbonyl (C=O) groups is 1. The van der Waals surface area contributed by atoms with E-state index in [1.165, 1.54) is 24.4 Å². The summed E-state index contributed by atoms with van der Waals surface area (Å²) in [5.74, 6) is -0.342. The van der Waals surface area contributed by atoms with Crippen molar-refractivity contribution in [1.82, 2.24) is 15.1 Å². The minimum absolute atomic E-state index is 0.0746. The maximum absolute atomic E-state index is 12.7. The average molecular weight is 450 g/mol. The van der Waals surface area contributed by atoms with E-state index in [0.717, 1.165) is 0 Å². The van der Waals surface area contributed by atoms with E-state index >= 15 is 0 Å². The summed E-state index contributed by atoms with van der Waals surface area (Å²) >= 11 is 0. The van der Waals surface area contributed by atoms with Crippen LogP contribution in [0, 0.1) is 11.5 Å². The summed E-state index contributed by atoms with van der Waals surface area (Å²) in [7, 11) is 0. The Morgan fingerprint density at radius 3 is 2.94 bits per heavy atom. The van der Waals surface area contributed by atoms with Crippen LogP contribution < -0.4 is 15.8 Å². The fourth-order valence-corrected chi connectivity index (χ4v) is 4.06. The Bertz CT molecular complexity index is 898. The van der Waals surface area contributed by atoms with Crippen LogP contribution in [0.2, 0.25) is 0 Å². The smallest absolute Gasteiger partial charge is 0.406 e. The lowest BCUT2D eigenvalue weighted by atomic mass is 9.98. The van der Waals surface area contributed by atoms with Gasteiger partial charge in [0.2, 0.25) is 0 Å². The summed E-state index contributed by atoms with van der Waals surface area (Å²) in [6.07, 6.45) is 3.16. The third-order valence-corrected chi connectivity index (χ3v) is 5.53. The molecular weight excluding hydrogens is 425 g/mol. The Kier molecular flexibility index (Phi) is 7.45. The third kappa shape index (κ3) is 6.29. The molecule has 2 heterocycles. The minimum Gasteiger partial charge on any atom is -0.406 e. The van der Waals surface area contributed by atoms with Crippen LogP contribution in [-0.4, -0.2) is 66.7 Å². The molecule has 2 amide bonds. The molecule has 2 aliphatic rings. The highest BCUT2D eigenvalue weighted by atomic mass is 19.4. The van der Waals surface area contributed by atoms with Crippen molar-refractivity contribution in [3.63, 3.8) is 0 Å². The SMILES string of the molecule is N#CN1CC(NC(=O)N2CCC(c3cccc(OC(F)(F)F)c3)C2)C[C@H]1CN=CC=CN. The number of likely N-dealkylation sites (tertiary alicyclic amines) is 2. The fourth-order valence-electron chi connectivity index (χ4n) is 4.06. The highest BCUT2D eigenvalue weighted by Gasteiger charge is 2.35. The van der Waals surface area contributed by atoms with E-state index in [1.54, 1.807) is 28.2 Å². The van der Waals surface area contributed by atoms with Crippen molar-refractivity contribution in [3.8, 4) is 11.9 Å². The van der Waals surface area contributed by atoms with Crippen LogP contribution in [0.5, 0.6) is 5.75 Å². The zero-order valence-electron chi connectivity index (χ0n) is 17.3. The highest BCUT2D eigenvalue weighted by Crippen LogP contribution is 2.31. The fraction of sp³-hybridized carbons (Fsp3) is 0.476. The van der Waals surface area contributed by atoms with Gasteiger partial charge >= 0.3 is 12.4 Å². The number of allylic oxidation sites excluding steroid dienone is 1. The van der Waals surface area contributed by atoms with Gasteiger partial charge in [-0.25, -0.2) is 4.79 Å². The van der Waals surface area contributed by atoms with E-state index in [-0.39, 0.29) is 29.8 Å². The molecule has 1 aromatic rings. The lowest BCUT2D eigenvalue weighted by Crippen LogP contribution is -2.44. The summed E-state index contributed by atoms with van der Waals surface area (Å²) in [6, 6.07) is 5.34. The predicted molar refractivity (Wildman–Crippen MR) is 112 cm³/mol. The zero-order valence-corrected chi connectivity index (χ0v) is 17.3. The molecule has 0 aliphatic carbocycles. The van der Waals surface area contributed by atoms with E-state index < -0.39 is 6.36 Å². The molecule has 0 saturated carbocycles. The van der Waals surface area contributed by atoms with Crippen molar-refractivity contribution < 1.29 is 22.7 Å². The molecule has 2 aliphatic heterocycles. The van der Waals surface area contributed by atoms with E-state index in [9.17, 15) is 23.2 Å². The highest BCUT2D eigenvalue weighted by molar-refractivity contribution is 5.75. The number of nitrogens with one attached hydrogen (secondary N) is 1.